The highest BCUT2D eigenvalue weighted by molar-refractivity contribution is 8.02. The van der Waals surface area contributed by atoms with Gasteiger partial charge in [-0.3, -0.25) is 9.59 Å². The number of carbonyl (C=O) groups is 2. The summed E-state index contributed by atoms with van der Waals surface area (Å²) in [5.41, 5.74) is 1.49. The number of rotatable bonds is 5. The summed E-state index contributed by atoms with van der Waals surface area (Å²) in [5, 5.41) is 2.86. The molecular formula is C20H22N2O3S. The summed E-state index contributed by atoms with van der Waals surface area (Å²) in [4.78, 5) is 28.6. The lowest BCUT2D eigenvalue weighted by Crippen LogP contribution is -2.54. The number of nitrogens with one attached hydrogen (secondary N) is 1. The largest absolute Gasteiger partial charge is 0.494 e. The highest BCUT2D eigenvalue weighted by atomic mass is 32.2. The van der Waals surface area contributed by atoms with E-state index in [2.05, 4.69) is 5.32 Å². The lowest BCUT2D eigenvalue weighted by Gasteiger charge is -2.38. The first kappa shape index (κ1) is 18.3. The maximum absolute atomic E-state index is 13.0. The molecule has 5 nitrogen and oxygen atoms in total. The quantitative estimate of drug-likeness (QED) is 0.810. The third-order valence-electron chi connectivity index (χ3n) is 4.30. The minimum absolute atomic E-state index is 0.202. The van der Waals surface area contributed by atoms with E-state index in [1.165, 1.54) is 11.8 Å². The summed E-state index contributed by atoms with van der Waals surface area (Å²) in [7, 11) is 0. The number of para-hydroxylation sites is 1. The Morgan fingerprint density at radius 1 is 1.15 bits per heavy atom. The number of carbonyl (C=O) groups excluding carboxylic acids is 2. The van der Waals surface area contributed by atoms with Crippen LogP contribution in [0.4, 0.5) is 11.4 Å². The lowest BCUT2D eigenvalue weighted by atomic mass is 10.1. The van der Waals surface area contributed by atoms with Crippen LogP contribution < -0.4 is 15.0 Å². The van der Waals surface area contributed by atoms with Crippen LogP contribution in [0.1, 0.15) is 20.8 Å². The van der Waals surface area contributed by atoms with E-state index in [1.807, 2.05) is 38.1 Å². The first-order valence-corrected chi connectivity index (χ1v) is 9.45. The molecule has 0 fully saturated rings. The van der Waals surface area contributed by atoms with Crippen molar-refractivity contribution >= 4 is 35.0 Å². The van der Waals surface area contributed by atoms with Crippen LogP contribution in [-0.2, 0) is 9.59 Å². The molecule has 6 heteroatoms. The molecule has 1 heterocycles. The maximum atomic E-state index is 13.0. The molecule has 2 aromatic carbocycles. The number of amides is 2. The topological polar surface area (TPSA) is 58.6 Å². The lowest BCUT2D eigenvalue weighted by molar-refractivity contribution is -0.128. The van der Waals surface area contributed by atoms with Gasteiger partial charge in [-0.05, 0) is 57.2 Å². The third kappa shape index (κ3) is 3.29. The molecule has 0 spiro atoms. The van der Waals surface area contributed by atoms with Gasteiger partial charge in [0.05, 0.1) is 12.3 Å². The van der Waals surface area contributed by atoms with E-state index >= 15 is 0 Å². The van der Waals surface area contributed by atoms with Crippen LogP contribution in [0.25, 0.3) is 0 Å². The van der Waals surface area contributed by atoms with E-state index in [0.717, 1.165) is 16.3 Å². The van der Waals surface area contributed by atoms with Crippen LogP contribution >= 0.6 is 11.8 Å². The van der Waals surface area contributed by atoms with E-state index in [0.29, 0.717) is 18.8 Å². The molecule has 0 bridgehead atoms. The summed E-state index contributed by atoms with van der Waals surface area (Å²) in [5.74, 6) is 0.211. The molecule has 26 heavy (non-hydrogen) atoms. The Labute approximate surface area is 157 Å². The molecule has 1 atom stereocenters. The molecule has 136 valence electrons. The minimum Gasteiger partial charge on any atom is -0.494 e. The standard InChI is InChI=1S/C20H22N2O3S/c1-4-22-16-8-6-7-9-17(16)26-20(3,19(22)24)18(23)21-14-10-12-15(13-11-14)25-5-2/h6-13H,4-5H2,1-3H3,(H,21,23). The van der Waals surface area contributed by atoms with Crippen LogP contribution in [0.3, 0.4) is 0 Å². The Bertz CT molecular complexity index is 822. The fraction of sp³-hybridized carbons (Fsp3) is 0.300. The second-order valence-electron chi connectivity index (χ2n) is 6.06. The third-order valence-corrected chi connectivity index (χ3v) is 5.63. The molecule has 1 unspecified atom stereocenters. The van der Waals surface area contributed by atoms with Crippen molar-refractivity contribution in [1.82, 2.24) is 0 Å². The number of benzene rings is 2. The molecule has 0 saturated heterocycles. The molecule has 0 radical (unpaired) electrons. The molecular weight excluding hydrogens is 348 g/mol. The molecule has 2 amide bonds. The van der Waals surface area contributed by atoms with Crippen LogP contribution in [0.5, 0.6) is 5.75 Å². The van der Waals surface area contributed by atoms with Gasteiger partial charge in [0.25, 0.3) is 5.91 Å². The average Bonchev–Trinajstić information content (AvgIpc) is 2.64. The van der Waals surface area contributed by atoms with Gasteiger partial charge in [-0.15, -0.1) is 0 Å². The van der Waals surface area contributed by atoms with Crippen LogP contribution in [0, 0.1) is 0 Å². The van der Waals surface area contributed by atoms with Gasteiger partial charge in [0.15, 0.2) is 4.75 Å². The summed E-state index contributed by atoms with van der Waals surface area (Å²) in [6.07, 6.45) is 0. The maximum Gasteiger partial charge on any atom is 0.252 e. The minimum atomic E-state index is -1.22. The number of nitrogens with zero attached hydrogens (tertiary/aromatic N) is 1. The van der Waals surface area contributed by atoms with Crippen LogP contribution in [-0.4, -0.2) is 29.7 Å². The number of hydrogen-bond acceptors (Lipinski definition) is 4. The van der Waals surface area contributed by atoms with Crippen LogP contribution in [0.2, 0.25) is 0 Å². The molecule has 1 aliphatic heterocycles. The molecule has 0 saturated carbocycles. The van der Waals surface area contributed by atoms with Gasteiger partial charge in [0.2, 0.25) is 5.91 Å². The zero-order valence-corrected chi connectivity index (χ0v) is 15.9. The van der Waals surface area contributed by atoms with Gasteiger partial charge in [0.1, 0.15) is 5.75 Å². The highest BCUT2D eigenvalue weighted by Crippen LogP contribution is 2.45. The Balaban J connectivity index is 1.85. The van der Waals surface area contributed by atoms with E-state index in [-0.39, 0.29) is 11.8 Å². The zero-order chi connectivity index (χ0) is 18.7. The Hall–Kier alpha value is -2.47. The van der Waals surface area contributed by atoms with Crippen molar-refractivity contribution in [2.75, 3.05) is 23.4 Å². The number of thioether (sulfide) groups is 1. The highest BCUT2D eigenvalue weighted by Gasteiger charge is 2.48. The first-order valence-electron chi connectivity index (χ1n) is 8.64. The van der Waals surface area contributed by atoms with Crippen molar-refractivity contribution in [3.63, 3.8) is 0 Å². The summed E-state index contributed by atoms with van der Waals surface area (Å²) >= 11 is 1.30. The predicted octanol–water partition coefficient (Wildman–Crippen LogP) is 3.94. The van der Waals surface area contributed by atoms with Crippen molar-refractivity contribution in [3.05, 3.63) is 48.5 Å². The average molecular weight is 370 g/mol. The van der Waals surface area contributed by atoms with E-state index in [4.69, 9.17) is 4.74 Å². The van der Waals surface area contributed by atoms with E-state index in [1.54, 1.807) is 36.1 Å². The number of anilines is 2. The molecule has 2 aromatic rings. The van der Waals surface area contributed by atoms with Gasteiger partial charge in [-0.1, -0.05) is 23.9 Å². The monoisotopic (exact) mass is 370 g/mol. The summed E-state index contributed by atoms with van der Waals surface area (Å²) in [6, 6.07) is 14.8. The predicted molar refractivity (Wildman–Crippen MR) is 105 cm³/mol. The van der Waals surface area contributed by atoms with Crippen molar-refractivity contribution in [2.24, 2.45) is 0 Å². The molecule has 0 aliphatic carbocycles. The second-order valence-corrected chi connectivity index (χ2v) is 7.52. The van der Waals surface area contributed by atoms with Crippen LogP contribution in [0.15, 0.2) is 53.4 Å². The van der Waals surface area contributed by atoms with Gasteiger partial charge in [-0.25, -0.2) is 0 Å². The number of hydrogen-bond donors (Lipinski definition) is 1. The molecule has 3 rings (SSSR count). The normalized spacial score (nSPS) is 19.0. The summed E-state index contributed by atoms with van der Waals surface area (Å²) in [6.45, 7) is 6.61. The van der Waals surface area contributed by atoms with E-state index in [9.17, 15) is 9.59 Å². The molecule has 0 aromatic heterocycles. The first-order chi connectivity index (χ1) is 12.5. The van der Waals surface area contributed by atoms with Gasteiger partial charge < -0.3 is 15.0 Å². The van der Waals surface area contributed by atoms with Crippen molar-refractivity contribution < 1.29 is 14.3 Å². The second kappa shape index (κ2) is 7.41. The number of fused-ring (bicyclic) bond motifs is 1. The summed E-state index contributed by atoms with van der Waals surface area (Å²) < 4.78 is 4.19. The van der Waals surface area contributed by atoms with Crippen molar-refractivity contribution in [2.45, 2.75) is 30.4 Å². The van der Waals surface area contributed by atoms with Crippen molar-refractivity contribution in [3.8, 4) is 5.75 Å². The zero-order valence-electron chi connectivity index (χ0n) is 15.1. The Morgan fingerprint density at radius 2 is 1.85 bits per heavy atom. The fourth-order valence-electron chi connectivity index (χ4n) is 2.91. The Morgan fingerprint density at radius 3 is 2.50 bits per heavy atom. The van der Waals surface area contributed by atoms with Crippen molar-refractivity contribution in [1.29, 1.82) is 0 Å². The van der Waals surface area contributed by atoms with Gasteiger partial charge >= 0.3 is 0 Å². The number of ether oxygens (including phenoxy) is 1. The molecule has 1 aliphatic rings. The molecule has 1 N–H and O–H groups in total. The fourth-order valence-corrected chi connectivity index (χ4v) is 4.12. The smallest absolute Gasteiger partial charge is 0.252 e. The van der Waals surface area contributed by atoms with Gasteiger partial charge in [0, 0.05) is 17.1 Å². The Kier molecular flexibility index (Phi) is 5.23. The SMILES string of the molecule is CCOc1ccc(NC(=O)C2(C)Sc3ccccc3N(CC)C2=O)cc1. The van der Waals surface area contributed by atoms with E-state index < -0.39 is 4.75 Å². The van der Waals surface area contributed by atoms with Gasteiger partial charge in [-0.2, -0.15) is 0 Å².